The summed E-state index contributed by atoms with van der Waals surface area (Å²) in [4.78, 5) is 14.7. The highest BCUT2D eigenvalue weighted by Crippen LogP contribution is 2.30. The Kier molecular flexibility index (Phi) is 8.93. The number of likely N-dealkylation sites (N-methyl/N-ethyl adjacent to an activating group) is 1. The number of carbonyl (C=O) groups excluding carboxylic acids is 1. The average Bonchev–Trinajstić information content (AvgIpc) is 3.49. The van der Waals surface area contributed by atoms with Crippen LogP contribution in [0.25, 0.3) is 6.08 Å². The Morgan fingerprint density at radius 3 is 2.62 bits per heavy atom. The number of furan rings is 1. The van der Waals surface area contributed by atoms with Gasteiger partial charge in [0.1, 0.15) is 18.1 Å². The molecule has 3 rings (SSSR count). The number of hydrogen-bond acceptors (Lipinski definition) is 7. The number of amides is 1. The quantitative estimate of drug-likeness (QED) is 0.387. The summed E-state index contributed by atoms with van der Waals surface area (Å²) in [6.07, 6.45) is 4.92. The third-order valence-corrected chi connectivity index (χ3v) is 5.76. The van der Waals surface area contributed by atoms with Gasteiger partial charge in [-0.15, -0.1) is 0 Å². The first-order valence-electron chi connectivity index (χ1n) is 11.4. The summed E-state index contributed by atoms with van der Waals surface area (Å²) in [7, 11) is 1.58. The minimum atomic E-state index is -0.179. The van der Waals surface area contributed by atoms with Crippen LogP contribution in [0.3, 0.4) is 0 Å². The van der Waals surface area contributed by atoms with Crippen LogP contribution < -0.4 is 14.8 Å². The van der Waals surface area contributed by atoms with E-state index in [0.717, 1.165) is 41.4 Å². The van der Waals surface area contributed by atoms with Crippen molar-refractivity contribution in [3.05, 3.63) is 71.0 Å². The Morgan fingerprint density at radius 1 is 1.21 bits per heavy atom. The van der Waals surface area contributed by atoms with E-state index >= 15 is 0 Å². The number of aromatic nitrogens is 1. The van der Waals surface area contributed by atoms with E-state index < -0.39 is 0 Å². The highest BCUT2D eigenvalue weighted by atomic mass is 16.5. The molecule has 8 heteroatoms. The molecule has 0 aliphatic rings. The molecule has 1 aromatic carbocycles. The molecular formula is C26H33N3O5. The highest BCUT2D eigenvalue weighted by molar-refractivity contribution is 5.91. The summed E-state index contributed by atoms with van der Waals surface area (Å²) in [6, 6.07) is 9.30. The van der Waals surface area contributed by atoms with Crippen LogP contribution in [-0.2, 0) is 11.4 Å². The molecule has 1 atom stereocenters. The number of benzene rings is 1. The van der Waals surface area contributed by atoms with Gasteiger partial charge in [0.05, 0.1) is 30.7 Å². The Hall–Kier alpha value is -3.52. The van der Waals surface area contributed by atoms with E-state index in [1.807, 2.05) is 44.2 Å². The van der Waals surface area contributed by atoms with Crippen molar-refractivity contribution in [1.29, 1.82) is 0 Å². The maximum absolute atomic E-state index is 12.5. The number of nitrogens with zero attached hydrogens (tertiary/aromatic N) is 2. The van der Waals surface area contributed by atoms with Gasteiger partial charge in [-0.25, -0.2) is 0 Å². The van der Waals surface area contributed by atoms with Crippen LogP contribution in [0, 0.1) is 13.8 Å². The number of aryl methyl sites for hydroxylation is 2. The van der Waals surface area contributed by atoms with Crippen molar-refractivity contribution in [3.63, 3.8) is 0 Å². The molecule has 1 amide bonds. The molecule has 1 N–H and O–H groups in total. The lowest BCUT2D eigenvalue weighted by Gasteiger charge is -2.28. The van der Waals surface area contributed by atoms with E-state index in [-0.39, 0.29) is 11.9 Å². The number of methoxy groups -OCH3 is 1. The molecule has 0 aliphatic carbocycles. The lowest BCUT2D eigenvalue weighted by Crippen LogP contribution is -2.37. The Bertz CT molecular complexity index is 1060. The Labute approximate surface area is 200 Å². The van der Waals surface area contributed by atoms with Gasteiger partial charge in [0.2, 0.25) is 5.91 Å². The van der Waals surface area contributed by atoms with Crippen LogP contribution in [0.15, 0.2) is 51.6 Å². The third-order valence-electron chi connectivity index (χ3n) is 5.76. The summed E-state index contributed by atoms with van der Waals surface area (Å²) in [5.74, 6) is 2.57. The predicted octanol–water partition coefficient (Wildman–Crippen LogP) is 4.68. The van der Waals surface area contributed by atoms with Crippen LogP contribution in [0.2, 0.25) is 0 Å². The second-order valence-corrected chi connectivity index (χ2v) is 7.83. The van der Waals surface area contributed by atoms with Crippen LogP contribution in [-0.4, -0.2) is 42.7 Å². The Balaban J connectivity index is 1.61. The van der Waals surface area contributed by atoms with Gasteiger partial charge in [-0.2, -0.15) is 0 Å². The van der Waals surface area contributed by atoms with E-state index in [1.54, 1.807) is 19.4 Å². The summed E-state index contributed by atoms with van der Waals surface area (Å²) >= 11 is 0. The molecule has 0 saturated heterocycles. The largest absolute Gasteiger partial charge is 0.493 e. The molecule has 2 aromatic heterocycles. The fraction of sp³-hybridized carbons (Fsp3) is 0.385. The molecule has 3 aromatic rings. The van der Waals surface area contributed by atoms with E-state index in [0.29, 0.717) is 24.7 Å². The summed E-state index contributed by atoms with van der Waals surface area (Å²) in [6.45, 7) is 10.4. The van der Waals surface area contributed by atoms with Crippen LogP contribution >= 0.6 is 0 Å². The van der Waals surface area contributed by atoms with Crippen molar-refractivity contribution in [2.75, 3.05) is 26.7 Å². The van der Waals surface area contributed by atoms with Gasteiger partial charge in [-0.3, -0.25) is 9.69 Å². The highest BCUT2D eigenvalue weighted by Gasteiger charge is 2.20. The molecule has 0 radical (unpaired) electrons. The third kappa shape index (κ3) is 6.29. The van der Waals surface area contributed by atoms with E-state index in [2.05, 4.69) is 29.2 Å². The molecule has 0 aliphatic heterocycles. The van der Waals surface area contributed by atoms with Gasteiger partial charge in [0.15, 0.2) is 11.5 Å². The smallest absolute Gasteiger partial charge is 0.244 e. The molecule has 0 unspecified atom stereocenters. The van der Waals surface area contributed by atoms with Crippen molar-refractivity contribution >= 4 is 12.0 Å². The van der Waals surface area contributed by atoms with Gasteiger partial charge in [0.25, 0.3) is 0 Å². The normalized spacial score (nSPS) is 12.3. The lowest BCUT2D eigenvalue weighted by molar-refractivity contribution is -0.116. The van der Waals surface area contributed by atoms with E-state index in [9.17, 15) is 4.79 Å². The number of hydrogen-bond donors (Lipinski definition) is 1. The number of ether oxygens (including phenoxy) is 2. The van der Waals surface area contributed by atoms with Crippen molar-refractivity contribution in [3.8, 4) is 11.5 Å². The fourth-order valence-corrected chi connectivity index (χ4v) is 3.75. The SMILES string of the molecule is CCN(CC)[C@H](CNC(=O)/C=C/c1ccc(OCc2c(C)noc2C)c(OC)c1)c1ccco1. The molecule has 0 bridgehead atoms. The van der Waals surface area contributed by atoms with Crippen LogP contribution in [0.4, 0.5) is 0 Å². The summed E-state index contributed by atoms with van der Waals surface area (Å²) in [5.41, 5.74) is 2.54. The first-order valence-corrected chi connectivity index (χ1v) is 11.4. The summed E-state index contributed by atoms with van der Waals surface area (Å²) < 4.78 is 22.2. The average molecular weight is 468 g/mol. The standard InChI is InChI=1S/C26H33N3O5/c1-6-29(7-2)22(23-9-8-14-32-23)16-27-26(30)13-11-20-10-12-24(25(15-20)31-5)33-17-21-18(3)28-34-19(21)4/h8-15,22H,6-7,16-17H2,1-5H3,(H,27,30)/b13-11+/t22-/m1/s1. The number of rotatable bonds is 12. The van der Waals surface area contributed by atoms with Crippen LogP contribution in [0.5, 0.6) is 11.5 Å². The second-order valence-electron chi connectivity index (χ2n) is 7.83. The van der Waals surface area contributed by atoms with Gasteiger partial charge >= 0.3 is 0 Å². The first kappa shape index (κ1) is 25.1. The van der Waals surface area contributed by atoms with E-state index in [4.69, 9.17) is 18.4 Å². The summed E-state index contributed by atoms with van der Waals surface area (Å²) in [5, 5.41) is 6.92. The Morgan fingerprint density at radius 2 is 2.00 bits per heavy atom. The molecule has 0 spiro atoms. The van der Waals surface area contributed by atoms with Gasteiger partial charge in [-0.05, 0) is 62.8 Å². The minimum Gasteiger partial charge on any atom is -0.493 e. The topological polar surface area (TPSA) is 90.0 Å². The maximum Gasteiger partial charge on any atom is 0.244 e. The number of carbonyl (C=O) groups is 1. The van der Waals surface area contributed by atoms with Crippen molar-refractivity contribution in [2.24, 2.45) is 0 Å². The minimum absolute atomic E-state index is 0.0171. The zero-order valence-corrected chi connectivity index (χ0v) is 20.5. The molecule has 34 heavy (non-hydrogen) atoms. The van der Waals surface area contributed by atoms with Crippen LogP contribution in [0.1, 0.15) is 48.2 Å². The molecule has 0 saturated carbocycles. The lowest BCUT2D eigenvalue weighted by atomic mass is 10.1. The molecule has 2 heterocycles. The molecular weight excluding hydrogens is 434 g/mol. The van der Waals surface area contributed by atoms with Crippen molar-refractivity contribution in [2.45, 2.75) is 40.3 Å². The fourth-order valence-electron chi connectivity index (χ4n) is 3.75. The number of nitrogens with one attached hydrogen (secondary N) is 1. The van der Waals surface area contributed by atoms with Gasteiger partial charge in [0, 0.05) is 12.6 Å². The maximum atomic E-state index is 12.5. The van der Waals surface area contributed by atoms with Gasteiger partial charge < -0.3 is 23.7 Å². The first-order chi connectivity index (χ1) is 16.5. The monoisotopic (exact) mass is 467 g/mol. The second kappa shape index (κ2) is 12.1. The predicted molar refractivity (Wildman–Crippen MR) is 130 cm³/mol. The zero-order chi connectivity index (χ0) is 24.5. The van der Waals surface area contributed by atoms with Crippen molar-refractivity contribution < 1.29 is 23.2 Å². The van der Waals surface area contributed by atoms with E-state index in [1.165, 1.54) is 6.08 Å². The molecule has 182 valence electrons. The molecule has 8 nitrogen and oxygen atoms in total. The van der Waals surface area contributed by atoms with Gasteiger partial charge in [-0.1, -0.05) is 25.1 Å². The zero-order valence-electron chi connectivity index (χ0n) is 20.5. The van der Waals surface area contributed by atoms with Crippen molar-refractivity contribution in [1.82, 2.24) is 15.4 Å². The molecule has 0 fully saturated rings.